The molecule has 0 radical (unpaired) electrons. The van der Waals surface area contributed by atoms with Gasteiger partial charge in [0.1, 0.15) is 6.04 Å². The van der Waals surface area contributed by atoms with Crippen LogP contribution in [0.3, 0.4) is 0 Å². The van der Waals surface area contributed by atoms with E-state index < -0.39 is 16.1 Å². The molecule has 0 saturated carbocycles. The number of pyridine rings is 1. The Labute approximate surface area is 224 Å². The molecule has 0 spiro atoms. The smallest absolute Gasteiger partial charge is 0.244 e. The van der Waals surface area contributed by atoms with Gasteiger partial charge in [0.2, 0.25) is 15.9 Å². The molecular weight excluding hydrogens is 508 g/mol. The van der Waals surface area contributed by atoms with Crippen LogP contribution in [0.5, 0.6) is 0 Å². The van der Waals surface area contributed by atoms with E-state index in [2.05, 4.69) is 23.7 Å². The van der Waals surface area contributed by atoms with E-state index in [0.717, 1.165) is 36.7 Å². The quantitative estimate of drug-likeness (QED) is 0.439. The molecule has 7 nitrogen and oxygen atoms in total. The maximum atomic E-state index is 14.1. The van der Waals surface area contributed by atoms with E-state index in [1.807, 2.05) is 23.1 Å². The first kappa shape index (κ1) is 26.1. The topological polar surface area (TPSA) is 73.8 Å². The summed E-state index contributed by atoms with van der Waals surface area (Å²) in [5, 5.41) is 2.23. The average Bonchev–Trinajstić information content (AvgIpc) is 3.28. The molecule has 2 aliphatic heterocycles. The lowest BCUT2D eigenvalue weighted by atomic mass is 10.0. The summed E-state index contributed by atoms with van der Waals surface area (Å²) in [5.41, 5.74) is 0.607. The lowest BCUT2D eigenvalue weighted by molar-refractivity contribution is -0.133. The number of piperidine rings is 1. The molecule has 0 bridgehead atoms. The molecule has 9 heteroatoms. The number of likely N-dealkylation sites (tertiary alicyclic amines) is 2. The molecule has 2 fully saturated rings. The van der Waals surface area contributed by atoms with Crippen molar-refractivity contribution >= 4 is 38.3 Å². The summed E-state index contributed by atoms with van der Waals surface area (Å²) in [6.45, 7) is 6.90. The molecule has 2 aliphatic rings. The third kappa shape index (κ3) is 5.39. The largest absolute Gasteiger partial charge is 0.338 e. The molecule has 1 atom stereocenters. The van der Waals surface area contributed by atoms with Crippen LogP contribution in [-0.4, -0.2) is 71.2 Å². The Kier molecular flexibility index (Phi) is 7.54. The van der Waals surface area contributed by atoms with Crippen LogP contribution in [-0.2, 0) is 21.4 Å². The van der Waals surface area contributed by atoms with E-state index in [1.165, 1.54) is 4.31 Å². The number of amides is 1. The van der Waals surface area contributed by atoms with Crippen LogP contribution in [0.15, 0.2) is 65.7 Å². The van der Waals surface area contributed by atoms with Crippen molar-refractivity contribution in [2.24, 2.45) is 0 Å². The first-order valence-corrected chi connectivity index (χ1v) is 14.7. The van der Waals surface area contributed by atoms with Gasteiger partial charge in [0.15, 0.2) is 0 Å². The highest BCUT2D eigenvalue weighted by Crippen LogP contribution is 2.31. The van der Waals surface area contributed by atoms with Gasteiger partial charge in [-0.15, -0.1) is 0 Å². The number of benzene rings is 2. The summed E-state index contributed by atoms with van der Waals surface area (Å²) in [5.74, 6) is -0.102. The van der Waals surface area contributed by atoms with Crippen molar-refractivity contribution in [1.82, 2.24) is 19.1 Å². The molecule has 1 amide bonds. The number of fused-ring (bicyclic) bond motifs is 1. The SMILES string of the molecule is CC(C)N1CCC(N2CCC(N(Cc3ccccn3)S(=O)(=O)c3ccc4cc(Cl)ccc4c3)C2=O)CC1. The van der Waals surface area contributed by atoms with Crippen LogP contribution >= 0.6 is 11.6 Å². The van der Waals surface area contributed by atoms with Gasteiger partial charge in [-0.1, -0.05) is 29.8 Å². The van der Waals surface area contributed by atoms with Crippen molar-refractivity contribution < 1.29 is 13.2 Å². The third-order valence-electron chi connectivity index (χ3n) is 7.65. The van der Waals surface area contributed by atoms with Crippen LogP contribution in [0.1, 0.15) is 38.8 Å². The summed E-state index contributed by atoms with van der Waals surface area (Å²) in [7, 11) is -3.99. The van der Waals surface area contributed by atoms with E-state index in [1.54, 1.807) is 42.6 Å². The Balaban J connectivity index is 1.44. The minimum Gasteiger partial charge on any atom is -0.338 e. The number of halogens is 1. The Morgan fingerprint density at radius 1 is 1.00 bits per heavy atom. The third-order valence-corrected chi connectivity index (χ3v) is 9.74. The molecule has 0 aliphatic carbocycles. The van der Waals surface area contributed by atoms with Crippen molar-refractivity contribution in [3.63, 3.8) is 0 Å². The molecule has 2 aromatic carbocycles. The fraction of sp³-hybridized carbons (Fsp3) is 0.429. The molecule has 37 heavy (non-hydrogen) atoms. The number of nitrogens with zero attached hydrogens (tertiary/aromatic N) is 4. The maximum absolute atomic E-state index is 14.1. The van der Waals surface area contributed by atoms with Gasteiger partial charge < -0.3 is 9.80 Å². The second kappa shape index (κ2) is 10.7. The van der Waals surface area contributed by atoms with Crippen molar-refractivity contribution in [3.05, 3.63) is 71.5 Å². The predicted molar refractivity (Wildman–Crippen MR) is 146 cm³/mol. The number of carbonyl (C=O) groups excluding carboxylic acids is 1. The minimum absolute atomic E-state index is 0.0396. The fourth-order valence-corrected chi connectivity index (χ4v) is 7.33. The first-order valence-electron chi connectivity index (χ1n) is 12.9. The van der Waals surface area contributed by atoms with E-state index in [0.29, 0.717) is 29.7 Å². The monoisotopic (exact) mass is 540 g/mol. The van der Waals surface area contributed by atoms with Crippen LogP contribution in [0.25, 0.3) is 10.8 Å². The van der Waals surface area contributed by atoms with Crippen molar-refractivity contribution in [2.75, 3.05) is 19.6 Å². The highest BCUT2D eigenvalue weighted by atomic mass is 35.5. The molecule has 5 rings (SSSR count). The van der Waals surface area contributed by atoms with Gasteiger partial charge >= 0.3 is 0 Å². The van der Waals surface area contributed by atoms with Crippen LogP contribution < -0.4 is 0 Å². The molecule has 1 unspecified atom stereocenters. The van der Waals surface area contributed by atoms with E-state index >= 15 is 0 Å². The number of hydrogen-bond acceptors (Lipinski definition) is 5. The summed E-state index contributed by atoms with van der Waals surface area (Å²) >= 11 is 6.11. The van der Waals surface area contributed by atoms with Gasteiger partial charge in [0.25, 0.3) is 0 Å². The van der Waals surface area contributed by atoms with Crippen molar-refractivity contribution in [2.45, 2.75) is 62.7 Å². The van der Waals surface area contributed by atoms with Gasteiger partial charge in [-0.25, -0.2) is 8.42 Å². The number of rotatable bonds is 7. The highest BCUT2D eigenvalue weighted by Gasteiger charge is 2.44. The molecule has 2 saturated heterocycles. The van der Waals surface area contributed by atoms with Gasteiger partial charge in [-0.05, 0) is 80.3 Å². The Morgan fingerprint density at radius 3 is 2.43 bits per heavy atom. The Bertz CT molecular complexity index is 1370. The van der Waals surface area contributed by atoms with Crippen LogP contribution in [0, 0.1) is 0 Å². The van der Waals surface area contributed by atoms with Gasteiger partial charge in [-0.2, -0.15) is 4.31 Å². The Hall–Kier alpha value is -2.52. The predicted octanol–water partition coefficient (Wildman–Crippen LogP) is 4.55. The van der Waals surface area contributed by atoms with Crippen LogP contribution in [0.2, 0.25) is 5.02 Å². The molecule has 1 aromatic heterocycles. The normalized spacial score (nSPS) is 20.0. The summed E-state index contributed by atoms with van der Waals surface area (Å²) in [6, 6.07) is 15.7. The summed E-state index contributed by atoms with van der Waals surface area (Å²) in [6.07, 6.45) is 3.94. The number of carbonyl (C=O) groups is 1. The van der Waals surface area contributed by atoms with E-state index in [4.69, 9.17) is 11.6 Å². The van der Waals surface area contributed by atoms with Crippen molar-refractivity contribution in [1.29, 1.82) is 0 Å². The zero-order valence-electron chi connectivity index (χ0n) is 21.3. The van der Waals surface area contributed by atoms with E-state index in [-0.39, 0.29) is 23.4 Å². The molecule has 3 heterocycles. The molecule has 0 N–H and O–H groups in total. The lowest BCUT2D eigenvalue weighted by Gasteiger charge is -2.38. The molecular formula is C28H33ClN4O3S. The summed E-state index contributed by atoms with van der Waals surface area (Å²) < 4.78 is 29.5. The first-order chi connectivity index (χ1) is 17.7. The zero-order chi connectivity index (χ0) is 26.2. The maximum Gasteiger partial charge on any atom is 0.244 e. The second-order valence-corrected chi connectivity index (χ2v) is 12.5. The average molecular weight is 541 g/mol. The molecule has 196 valence electrons. The van der Waals surface area contributed by atoms with E-state index in [9.17, 15) is 13.2 Å². The minimum atomic E-state index is -3.99. The Morgan fingerprint density at radius 2 is 1.73 bits per heavy atom. The van der Waals surface area contributed by atoms with Crippen molar-refractivity contribution in [3.8, 4) is 0 Å². The van der Waals surface area contributed by atoms with Gasteiger partial charge in [-0.3, -0.25) is 9.78 Å². The van der Waals surface area contributed by atoms with Crippen LogP contribution in [0.4, 0.5) is 0 Å². The second-order valence-electron chi connectivity index (χ2n) is 10.2. The number of hydrogen-bond donors (Lipinski definition) is 0. The standard InChI is InChI=1S/C28H33ClN4O3S/c1-20(2)31-14-10-25(11-15-31)32-16-12-27(28(32)34)33(19-24-5-3-4-13-30-24)37(35,36)26-9-7-21-17-23(29)8-6-22(21)18-26/h3-9,13,17-18,20,25,27H,10-12,14-16,19H2,1-2H3. The zero-order valence-corrected chi connectivity index (χ0v) is 22.8. The number of aromatic nitrogens is 1. The number of sulfonamides is 1. The van der Waals surface area contributed by atoms with Gasteiger partial charge in [0.05, 0.1) is 17.1 Å². The fourth-order valence-electron chi connectivity index (χ4n) is 5.53. The molecule has 3 aromatic rings. The van der Waals surface area contributed by atoms with Gasteiger partial charge in [0, 0.05) is 42.9 Å². The lowest BCUT2D eigenvalue weighted by Crippen LogP contribution is -2.50. The highest BCUT2D eigenvalue weighted by molar-refractivity contribution is 7.89. The summed E-state index contributed by atoms with van der Waals surface area (Å²) in [4.78, 5) is 22.6.